The van der Waals surface area contributed by atoms with Gasteiger partial charge in [-0.15, -0.1) is 0 Å². The van der Waals surface area contributed by atoms with Crippen molar-refractivity contribution in [1.29, 1.82) is 0 Å². The normalized spacial score (nSPS) is 15.4. The first-order valence-corrected chi connectivity index (χ1v) is 9.99. The molecule has 29 heavy (non-hydrogen) atoms. The summed E-state index contributed by atoms with van der Waals surface area (Å²) in [5.74, 6) is -0.349. The van der Waals surface area contributed by atoms with Crippen molar-refractivity contribution in [2.24, 2.45) is 0 Å². The highest BCUT2D eigenvalue weighted by molar-refractivity contribution is 5.91. The fraction of sp³-hybridized carbons (Fsp3) is 0.348. The number of methoxy groups -OCH3 is 1. The number of hydrogen-bond donors (Lipinski definition) is 0. The minimum absolute atomic E-state index is 0.349. The molecule has 0 N–H and O–H groups in total. The zero-order chi connectivity index (χ0) is 20.2. The molecule has 1 aliphatic rings. The summed E-state index contributed by atoms with van der Waals surface area (Å²) in [7, 11) is 3.56. The summed E-state index contributed by atoms with van der Waals surface area (Å²) in [6, 6.07) is 12.4. The topological polar surface area (TPSA) is 60.2 Å². The van der Waals surface area contributed by atoms with E-state index in [2.05, 4.69) is 39.9 Å². The van der Waals surface area contributed by atoms with E-state index in [0.717, 1.165) is 48.3 Å². The first kappa shape index (κ1) is 19.3. The fourth-order valence-electron chi connectivity index (χ4n) is 3.92. The molecule has 0 aliphatic carbocycles. The lowest BCUT2D eigenvalue weighted by Gasteiger charge is -2.29. The molecule has 0 spiro atoms. The van der Waals surface area contributed by atoms with Gasteiger partial charge in [0, 0.05) is 30.6 Å². The summed E-state index contributed by atoms with van der Waals surface area (Å²) >= 11 is 0. The Balaban J connectivity index is 1.71. The molecule has 1 aliphatic heterocycles. The number of piperidine rings is 1. The van der Waals surface area contributed by atoms with Gasteiger partial charge in [0.05, 0.1) is 24.4 Å². The second-order valence-electron chi connectivity index (χ2n) is 7.57. The van der Waals surface area contributed by atoms with Gasteiger partial charge >= 0.3 is 5.97 Å². The molecule has 4 rings (SSSR count). The largest absolute Gasteiger partial charge is 0.465 e. The highest BCUT2D eigenvalue weighted by atomic mass is 16.5. The van der Waals surface area contributed by atoms with Crippen LogP contribution in [0.4, 0.5) is 0 Å². The lowest BCUT2D eigenvalue weighted by molar-refractivity contribution is 0.0599. The number of hydrogen-bond acceptors (Lipinski definition) is 5. The van der Waals surface area contributed by atoms with Crippen LogP contribution in [0.1, 0.15) is 40.5 Å². The molecule has 0 unspecified atom stereocenters. The monoisotopic (exact) mass is 390 g/mol. The molecule has 1 saturated heterocycles. The highest BCUT2D eigenvalue weighted by Gasteiger charge is 2.22. The third-order valence-electron chi connectivity index (χ3n) is 5.62. The molecule has 3 heterocycles. The summed E-state index contributed by atoms with van der Waals surface area (Å²) in [6.07, 6.45) is 8.22. The van der Waals surface area contributed by atoms with Gasteiger partial charge in [0.15, 0.2) is 0 Å². The van der Waals surface area contributed by atoms with Crippen LogP contribution < -0.4 is 0 Å². The van der Waals surface area contributed by atoms with Crippen molar-refractivity contribution in [2.45, 2.75) is 25.3 Å². The van der Waals surface area contributed by atoms with Crippen LogP contribution in [0.3, 0.4) is 0 Å². The Morgan fingerprint density at radius 2 is 1.93 bits per heavy atom. The van der Waals surface area contributed by atoms with Gasteiger partial charge in [-0.1, -0.05) is 30.3 Å². The predicted octanol–water partition coefficient (Wildman–Crippen LogP) is 3.59. The number of nitrogens with zero attached hydrogens (tertiary/aromatic N) is 4. The zero-order valence-electron chi connectivity index (χ0n) is 16.9. The van der Waals surface area contributed by atoms with E-state index in [-0.39, 0.29) is 5.97 Å². The van der Waals surface area contributed by atoms with Crippen molar-refractivity contribution in [3.8, 4) is 11.1 Å². The Hall–Kier alpha value is -2.99. The maximum absolute atomic E-state index is 12.2. The maximum Gasteiger partial charge on any atom is 0.338 e. The van der Waals surface area contributed by atoms with Crippen LogP contribution in [0.2, 0.25) is 0 Å². The molecule has 1 fully saturated rings. The molecule has 0 amide bonds. The summed E-state index contributed by atoms with van der Waals surface area (Å²) in [6.45, 7) is 2.16. The van der Waals surface area contributed by atoms with E-state index in [0.29, 0.717) is 18.0 Å². The first-order valence-electron chi connectivity index (χ1n) is 9.99. The Morgan fingerprint density at radius 3 is 2.66 bits per heavy atom. The number of carbonyl (C=O) groups is 1. The average molecular weight is 390 g/mol. The van der Waals surface area contributed by atoms with Crippen molar-refractivity contribution < 1.29 is 9.53 Å². The van der Waals surface area contributed by atoms with Gasteiger partial charge in [-0.2, -0.15) is 5.10 Å². The molecule has 3 aromatic rings. The number of aromatic nitrogens is 3. The Morgan fingerprint density at radius 1 is 1.17 bits per heavy atom. The van der Waals surface area contributed by atoms with Gasteiger partial charge in [-0.05, 0) is 50.2 Å². The lowest BCUT2D eigenvalue weighted by atomic mass is 10.00. The molecule has 0 radical (unpaired) electrons. The predicted molar refractivity (Wildman–Crippen MR) is 112 cm³/mol. The van der Waals surface area contributed by atoms with Crippen LogP contribution in [0.15, 0.2) is 55.0 Å². The number of pyridine rings is 1. The highest BCUT2D eigenvalue weighted by Crippen LogP contribution is 2.29. The molecule has 0 atom stereocenters. The minimum atomic E-state index is -0.349. The van der Waals surface area contributed by atoms with Crippen LogP contribution in [-0.4, -0.2) is 52.9 Å². The fourth-order valence-corrected chi connectivity index (χ4v) is 3.92. The SMILES string of the molecule is COC(=O)c1ccncc1Cc1nn(C2CCN(C)CC2)cc1-c1ccccc1. The van der Waals surface area contributed by atoms with E-state index in [1.807, 2.05) is 18.2 Å². The van der Waals surface area contributed by atoms with Gasteiger partial charge in [-0.3, -0.25) is 9.67 Å². The van der Waals surface area contributed by atoms with Gasteiger partial charge in [0.25, 0.3) is 0 Å². The summed E-state index contributed by atoms with van der Waals surface area (Å²) in [5.41, 5.74) is 4.54. The Kier molecular flexibility index (Phi) is 5.71. The van der Waals surface area contributed by atoms with Crippen LogP contribution in [0, 0.1) is 0 Å². The van der Waals surface area contributed by atoms with E-state index in [4.69, 9.17) is 9.84 Å². The second-order valence-corrected chi connectivity index (χ2v) is 7.57. The van der Waals surface area contributed by atoms with Gasteiger partial charge in [0.2, 0.25) is 0 Å². The summed E-state index contributed by atoms with van der Waals surface area (Å²) < 4.78 is 7.07. The van der Waals surface area contributed by atoms with Crippen LogP contribution in [0.25, 0.3) is 11.1 Å². The van der Waals surface area contributed by atoms with Crippen LogP contribution >= 0.6 is 0 Å². The summed E-state index contributed by atoms with van der Waals surface area (Å²) in [5, 5.41) is 4.98. The van der Waals surface area contributed by atoms with E-state index >= 15 is 0 Å². The number of esters is 1. The lowest BCUT2D eigenvalue weighted by Crippen LogP contribution is -2.31. The van der Waals surface area contributed by atoms with Gasteiger partial charge in [0.1, 0.15) is 0 Å². The van der Waals surface area contributed by atoms with Gasteiger partial charge in [-0.25, -0.2) is 4.79 Å². The second kappa shape index (κ2) is 8.57. The van der Waals surface area contributed by atoms with Crippen molar-refractivity contribution >= 4 is 5.97 Å². The average Bonchev–Trinajstić information content (AvgIpc) is 3.18. The van der Waals surface area contributed by atoms with E-state index in [1.54, 1.807) is 18.5 Å². The third kappa shape index (κ3) is 4.22. The van der Waals surface area contributed by atoms with E-state index in [1.165, 1.54) is 7.11 Å². The van der Waals surface area contributed by atoms with Crippen LogP contribution in [-0.2, 0) is 11.2 Å². The van der Waals surface area contributed by atoms with Crippen molar-refractivity contribution in [3.05, 3.63) is 71.8 Å². The van der Waals surface area contributed by atoms with E-state index < -0.39 is 0 Å². The first-order chi connectivity index (χ1) is 14.2. The number of benzene rings is 1. The molecule has 6 heteroatoms. The molecular formula is C23H26N4O2. The van der Waals surface area contributed by atoms with E-state index in [9.17, 15) is 4.79 Å². The summed E-state index contributed by atoms with van der Waals surface area (Å²) in [4.78, 5) is 18.8. The molecular weight excluding hydrogens is 364 g/mol. The molecule has 0 saturated carbocycles. The van der Waals surface area contributed by atoms with Crippen molar-refractivity contribution in [3.63, 3.8) is 0 Å². The van der Waals surface area contributed by atoms with Crippen LogP contribution in [0.5, 0.6) is 0 Å². The molecule has 6 nitrogen and oxygen atoms in total. The molecule has 1 aromatic carbocycles. The zero-order valence-corrected chi connectivity index (χ0v) is 16.9. The Bertz CT molecular complexity index is 976. The number of ether oxygens (including phenoxy) is 1. The Labute approximate surface area is 171 Å². The van der Waals surface area contributed by atoms with Gasteiger partial charge < -0.3 is 9.64 Å². The standard InChI is InChI=1S/C23H26N4O2/c1-26-12-9-19(10-13-26)27-16-21(17-6-4-3-5-7-17)22(25-27)14-18-15-24-11-8-20(18)23(28)29-2/h3-8,11,15-16,19H,9-10,12-14H2,1-2H3. The molecule has 150 valence electrons. The number of likely N-dealkylation sites (tertiary alicyclic amines) is 1. The van der Waals surface area contributed by atoms with Crippen molar-refractivity contribution in [1.82, 2.24) is 19.7 Å². The molecule has 2 aromatic heterocycles. The quantitative estimate of drug-likeness (QED) is 0.623. The third-order valence-corrected chi connectivity index (χ3v) is 5.62. The van der Waals surface area contributed by atoms with Crippen molar-refractivity contribution in [2.75, 3.05) is 27.2 Å². The molecule has 0 bridgehead atoms. The minimum Gasteiger partial charge on any atom is -0.465 e. The number of carbonyl (C=O) groups excluding carboxylic acids is 1. The maximum atomic E-state index is 12.2. The smallest absolute Gasteiger partial charge is 0.338 e. The number of rotatable bonds is 5.